The van der Waals surface area contributed by atoms with Gasteiger partial charge in [0.1, 0.15) is 6.54 Å². The Balaban J connectivity index is 1.73. The molecule has 2 rings (SSSR count). The number of aromatic nitrogens is 1. The third-order valence-corrected chi connectivity index (χ3v) is 4.59. The fourth-order valence-corrected chi connectivity index (χ4v) is 3.17. The monoisotopic (exact) mass is 349 g/mol. The van der Waals surface area contributed by atoms with Crippen molar-refractivity contribution in [2.24, 2.45) is 10.9 Å². The van der Waals surface area contributed by atoms with Gasteiger partial charge in [0.05, 0.1) is 5.69 Å². The van der Waals surface area contributed by atoms with Crippen LogP contribution in [-0.2, 0) is 6.54 Å². The molecule has 1 unspecified atom stereocenters. The van der Waals surface area contributed by atoms with E-state index in [1.165, 1.54) is 25.9 Å². The molecule has 0 bridgehead atoms. The van der Waals surface area contributed by atoms with Crippen LogP contribution in [-0.4, -0.2) is 48.7 Å². The fourth-order valence-electron chi connectivity index (χ4n) is 3.17. The van der Waals surface area contributed by atoms with E-state index in [9.17, 15) is 0 Å². The number of rotatable bonds is 8. The number of hydrogen-bond donors (Lipinski definition) is 2. The molecule has 1 atom stereocenters. The maximum Gasteiger partial charge on any atom is 0.191 e. The Bertz CT molecular complexity index is 526. The molecule has 0 saturated carbocycles. The molecular formula is C19H35N5O. The van der Waals surface area contributed by atoms with E-state index >= 15 is 0 Å². The minimum atomic E-state index is 0.380. The number of nitrogens with one attached hydrogen (secondary N) is 2. The first-order chi connectivity index (χ1) is 12.1. The van der Waals surface area contributed by atoms with Gasteiger partial charge in [-0.1, -0.05) is 25.9 Å². The van der Waals surface area contributed by atoms with Crippen molar-refractivity contribution in [1.29, 1.82) is 0 Å². The van der Waals surface area contributed by atoms with Crippen LogP contribution in [0.4, 0.5) is 0 Å². The Morgan fingerprint density at radius 1 is 1.44 bits per heavy atom. The third-order valence-electron chi connectivity index (χ3n) is 4.59. The van der Waals surface area contributed by atoms with Crippen molar-refractivity contribution in [2.45, 2.75) is 59.4 Å². The van der Waals surface area contributed by atoms with Crippen molar-refractivity contribution < 1.29 is 4.52 Å². The molecule has 2 N–H and O–H groups in total. The highest BCUT2D eigenvalue weighted by atomic mass is 16.5. The Hall–Kier alpha value is -1.56. The maximum atomic E-state index is 5.35. The summed E-state index contributed by atoms with van der Waals surface area (Å²) in [6.45, 7) is 14.6. The lowest BCUT2D eigenvalue weighted by Crippen LogP contribution is -2.40. The smallest absolute Gasteiger partial charge is 0.191 e. The van der Waals surface area contributed by atoms with E-state index in [0.717, 1.165) is 49.4 Å². The Morgan fingerprint density at radius 2 is 2.28 bits per heavy atom. The highest BCUT2D eigenvalue weighted by molar-refractivity contribution is 5.79. The van der Waals surface area contributed by atoms with Gasteiger partial charge < -0.3 is 20.1 Å². The van der Waals surface area contributed by atoms with Crippen molar-refractivity contribution in [3.05, 3.63) is 17.5 Å². The maximum absolute atomic E-state index is 5.35. The van der Waals surface area contributed by atoms with Gasteiger partial charge >= 0.3 is 0 Å². The molecule has 1 aromatic heterocycles. The molecule has 0 spiro atoms. The number of guanidine groups is 1. The third kappa shape index (κ3) is 7.06. The van der Waals surface area contributed by atoms with Crippen LogP contribution in [0.15, 0.2) is 15.6 Å². The number of piperidine rings is 1. The number of aliphatic imine (C=N–C) groups is 1. The lowest BCUT2D eigenvalue weighted by molar-refractivity contribution is 0.182. The standard InChI is InChI=1S/C19H35N5O/c1-5-20-19(22-13-17-12-18(15(2)3)23-25-17)21-9-7-11-24-10-6-8-16(4)14-24/h12,15-16H,5-11,13-14H2,1-4H3,(H2,20,21,22). The highest BCUT2D eigenvalue weighted by Gasteiger charge is 2.15. The normalized spacial score (nSPS) is 19.4. The van der Waals surface area contributed by atoms with Crippen LogP contribution in [0.3, 0.4) is 0 Å². The van der Waals surface area contributed by atoms with Gasteiger partial charge in [0.25, 0.3) is 0 Å². The van der Waals surface area contributed by atoms with Crippen molar-refractivity contribution >= 4 is 5.96 Å². The van der Waals surface area contributed by atoms with E-state index < -0.39 is 0 Å². The molecule has 25 heavy (non-hydrogen) atoms. The summed E-state index contributed by atoms with van der Waals surface area (Å²) in [5.41, 5.74) is 0.985. The predicted octanol–water partition coefficient (Wildman–Crippen LogP) is 2.98. The van der Waals surface area contributed by atoms with E-state index in [1.807, 2.05) is 6.07 Å². The van der Waals surface area contributed by atoms with Crippen LogP contribution >= 0.6 is 0 Å². The minimum Gasteiger partial charge on any atom is -0.359 e. The van der Waals surface area contributed by atoms with Crippen LogP contribution in [0.2, 0.25) is 0 Å². The molecule has 0 radical (unpaired) electrons. The molecule has 2 heterocycles. The molecule has 142 valence electrons. The van der Waals surface area contributed by atoms with Crippen LogP contribution in [0, 0.1) is 5.92 Å². The minimum absolute atomic E-state index is 0.380. The SMILES string of the molecule is CCNC(=NCc1cc(C(C)C)no1)NCCCN1CCCC(C)C1. The quantitative estimate of drug-likeness (QED) is 0.429. The molecule has 0 aliphatic carbocycles. The summed E-state index contributed by atoms with van der Waals surface area (Å²) in [5.74, 6) is 2.88. The molecule has 1 aromatic rings. The van der Waals surface area contributed by atoms with Gasteiger partial charge in [-0.3, -0.25) is 0 Å². The summed E-state index contributed by atoms with van der Waals surface area (Å²) in [5, 5.41) is 10.8. The molecule has 0 aromatic carbocycles. The topological polar surface area (TPSA) is 65.7 Å². The van der Waals surface area contributed by atoms with Gasteiger partial charge in [0, 0.05) is 25.7 Å². The predicted molar refractivity (Wildman–Crippen MR) is 103 cm³/mol. The highest BCUT2D eigenvalue weighted by Crippen LogP contribution is 2.15. The lowest BCUT2D eigenvalue weighted by Gasteiger charge is -2.30. The molecule has 1 fully saturated rings. The van der Waals surface area contributed by atoms with Crippen molar-refractivity contribution in [3.63, 3.8) is 0 Å². The van der Waals surface area contributed by atoms with Crippen molar-refractivity contribution in [2.75, 3.05) is 32.7 Å². The van der Waals surface area contributed by atoms with Crippen LogP contribution < -0.4 is 10.6 Å². The van der Waals surface area contributed by atoms with Gasteiger partial charge in [-0.2, -0.15) is 0 Å². The average molecular weight is 350 g/mol. The van der Waals surface area contributed by atoms with E-state index in [0.29, 0.717) is 12.5 Å². The van der Waals surface area contributed by atoms with E-state index in [-0.39, 0.29) is 0 Å². The van der Waals surface area contributed by atoms with Crippen LogP contribution in [0.1, 0.15) is 64.3 Å². The first kappa shape index (κ1) is 19.8. The lowest BCUT2D eigenvalue weighted by atomic mass is 10.0. The molecule has 1 saturated heterocycles. The summed E-state index contributed by atoms with van der Waals surface area (Å²) in [6, 6.07) is 2.00. The van der Waals surface area contributed by atoms with Crippen molar-refractivity contribution in [3.8, 4) is 0 Å². The average Bonchev–Trinajstić information content (AvgIpc) is 3.06. The second kappa shape index (κ2) is 10.4. The Morgan fingerprint density at radius 3 is 2.96 bits per heavy atom. The molecular weight excluding hydrogens is 314 g/mol. The first-order valence-electron chi connectivity index (χ1n) is 9.78. The molecule has 6 heteroatoms. The van der Waals surface area contributed by atoms with Crippen molar-refractivity contribution in [1.82, 2.24) is 20.7 Å². The number of likely N-dealkylation sites (tertiary alicyclic amines) is 1. The van der Waals surface area contributed by atoms with E-state index in [2.05, 4.69) is 53.4 Å². The zero-order valence-electron chi connectivity index (χ0n) is 16.3. The summed E-state index contributed by atoms with van der Waals surface area (Å²) in [7, 11) is 0. The zero-order valence-corrected chi connectivity index (χ0v) is 16.3. The summed E-state index contributed by atoms with van der Waals surface area (Å²) in [6.07, 6.45) is 3.86. The molecule has 0 amide bonds. The number of hydrogen-bond acceptors (Lipinski definition) is 4. The summed E-state index contributed by atoms with van der Waals surface area (Å²) in [4.78, 5) is 7.19. The van der Waals surface area contributed by atoms with Crippen LogP contribution in [0.5, 0.6) is 0 Å². The van der Waals surface area contributed by atoms with E-state index in [1.54, 1.807) is 0 Å². The fraction of sp³-hybridized carbons (Fsp3) is 0.789. The van der Waals surface area contributed by atoms with E-state index in [4.69, 9.17) is 4.52 Å². The largest absolute Gasteiger partial charge is 0.359 e. The number of nitrogens with zero attached hydrogens (tertiary/aromatic N) is 3. The van der Waals surface area contributed by atoms with Gasteiger partial charge in [-0.05, 0) is 51.1 Å². The van der Waals surface area contributed by atoms with Gasteiger partial charge in [0.15, 0.2) is 11.7 Å². The zero-order chi connectivity index (χ0) is 18.1. The van der Waals surface area contributed by atoms with Gasteiger partial charge in [0.2, 0.25) is 0 Å². The first-order valence-corrected chi connectivity index (χ1v) is 9.78. The Kier molecular flexibility index (Phi) is 8.25. The summed E-state index contributed by atoms with van der Waals surface area (Å²) < 4.78 is 5.35. The van der Waals surface area contributed by atoms with Gasteiger partial charge in [-0.15, -0.1) is 0 Å². The Labute approximate surface area is 152 Å². The molecule has 1 aliphatic heterocycles. The van der Waals surface area contributed by atoms with Gasteiger partial charge in [-0.25, -0.2) is 4.99 Å². The second-order valence-electron chi connectivity index (χ2n) is 7.40. The summed E-state index contributed by atoms with van der Waals surface area (Å²) >= 11 is 0. The van der Waals surface area contributed by atoms with Crippen LogP contribution in [0.25, 0.3) is 0 Å². The molecule has 6 nitrogen and oxygen atoms in total. The second-order valence-corrected chi connectivity index (χ2v) is 7.40. The molecule has 1 aliphatic rings.